The Bertz CT molecular complexity index is 1370. The highest BCUT2D eigenvalue weighted by Gasteiger charge is 2.25. The Labute approximate surface area is 193 Å². The van der Waals surface area contributed by atoms with Crippen molar-refractivity contribution >= 4 is 22.7 Å². The zero-order chi connectivity index (χ0) is 23.8. The van der Waals surface area contributed by atoms with E-state index >= 15 is 0 Å². The average Bonchev–Trinajstić information content (AvgIpc) is 3.29. The van der Waals surface area contributed by atoms with Crippen molar-refractivity contribution in [3.63, 3.8) is 0 Å². The molecule has 0 atom stereocenters. The summed E-state index contributed by atoms with van der Waals surface area (Å²) < 4.78 is 35.8. The van der Waals surface area contributed by atoms with E-state index in [1.165, 1.54) is 12.1 Å². The Morgan fingerprint density at radius 1 is 1.09 bits per heavy atom. The second kappa shape index (κ2) is 8.65. The number of piperidine rings is 1. The van der Waals surface area contributed by atoms with Crippen LogP contribution in [0.15, 0.2) is 43.4 Å². The molecule has 4 heterocycles. The molecular weight excluding hydrogens is 444 g/mol. The first-order valence-corrected chi connectivity index (χ1v) is 10.6. The van der Waals surface area contributed by atoms with Crippen LogP contribution in [0.4, 0.5) is 14.7 Å². The van der Waals surface area contributed by atoms with Crippen LogP contribution in [0.3, 0.4) is 0 Å². The van der Waals surface area contributed by atoms with E-state index in [4.69, 9.17) is 4.74 Å². The Balaban J connectivity index is 1.36. The average molecular weight is 465 g/mol. The van der Waals surface area contributed by atoms with Gasteiger partial charge in [0.1, 0.15) is 16.8 Å². The van der Waals surface area contributed by atoms with E-state index in [-0.39, 0.29) is 22.9 Å². The minimum Gasteiger partial charge on any atom is -0.508 e. The van der Waals surface area contributed by atoms with Crippen LogP contribution in [0, 0.1) is 11.6 Å². The molecule has 1 aliphatic heterocycles. The number of aliphatic hydroxyl groups is 1. The molecule has 3 aromatic heterocycles. The lowest BCUT2D eigenvalue weighted by Gasteiger charge is -2.31. The molecule has 9 nitrogen and oxygen atoms in total. The van der Waals surface area contributed by atoms with Gasteiger partial charge >= 0.3 is 0 Å². The molecule has 0 spiro atoms. The fourth-order valence-electron chi connectivity index (χ4n) is 4.11. The summed E-state index contributed by atoms with van der Waals surface area (Å²) in [7, 11) is 1.57. The molecular formula is C23H21F2N7O2. The van der Waals surface area contributed by atoms with E-state index < -0.39 is 17.4 Å². The van der Waals surface area contributed by atoms with Gasteiger partial charge in [0.25, 0.3) is 0 Å². The molecule has 1 fully saturated rings. The number of anilines is 1. The van der Waals surface area contributed by atoms with Gasteiger partial charge in [0.05, 0.1) is 43.0 Å². The largest absolute Gasteiger partial charge is 0.508 e. The summed E-state index contributed by atoms with van der Waals surface area (Å²) in [5.41, 5.74) is 1.13. The van der Waals surface area contributed by atoms with Crippen LogP contribution in [-0.4, -0.2) is 55.3 Å². The summed E-state index contributed by atoms with van der Waals surface area (Å²) in [6, 6.07) is 4.30. The van der Waals surface area contributed by atoms with Crippen molar-refractivity contribution in [1.82, 2.24) is 29.9 Å². The number of nitrogens with zero attached hydrogens (tertiary/aromatic N) is 7. The number of benzene rings is 1. The van der Waals surface area contributed by atoms with Gasteiger partial charge in [0.15, 0.2) is 17.4 Å². The molecule has 1 saturated heterocycles. The first-order chi connectivity index (χ1) is 16.5. The number of pyridine rings is 1. The van der Waals surface area contributed by atoms with Crippen LogP contribution in [0.1, 0.15) is 24.4 Å². The normalized spacial score (nSPS) is 14.5. The highest BCUT2D eigenvalue weighted by Crippen LogP contribution is 2.31. The second-order valence-corrected chi connectivity index (χ2v) is 7.97. The van der Waals surface area contributed by atoms with Gasteiger partial charge in [-0.15, -0.1) is 5.10 Å². The number of ether oxygens (including phenoxy) is 1. The highest BCUT2D eigenvalue weighted by atomic mass is 19.2. The number of hydrogen-bond acceptors (Lipinski definition) is 8. The van der Waals surface area contributed by atoms with Crippen LogP contribution in [0.25, 0.3) is 28.0 Å². The Morgan fingerprint density at radius 2 is 1.82 bits per heavy atom. The predicted octanol–water partition coefficient (Wildman–Crippen LogP) is 3.94. The minimum atomic E-state index is -1.18. The van der Waals surface area contributed by atoms with Crippen LogP contribution >= 0.6 is 0 Å². The summed E-state index contributed by atoms with van der Waals surface area (Å²) in [5.74, 6) is -1.57. The van der Waals surface area contributed by atoms with Crippen molar-refractivity contribution in [1.29, 1.82) is 0 Å². The van der Waals surface area contributed by atoms with E-state index in [9.17, 15) is 13.9 Å². The second-order valence-electron chi connectivity index (χ2n) is 7.97. The van der Waals surface area contributed by atoms with Crippen molar-refractivity contribution < 1.29 is 18.6 Å². The Morgan fingerprint density at radius 3 is 2.50 bits per heavy atom. The molecule has 4 aromatic rings. The maximum atomic E-state index is 14.6. The number of methoxy groups -OCH3 is 1. The van der Waals surface area contributed by atoms with E-state index in [0.717, 1.165) is 25.9 Å². The van der Waals surface area contributed by atoms with Gasteiger partial charge in [-0.1, -0.05) is 11.8 Å². The number of hydrogen-bond donors (Lipinski definition) is 1. The number of halogens is 2. The standard InChI is InChI=1S/C23H21F2N7O2/c1-13(33)16-3-4-17(22(25)21(16)24)18-9-19-20(12-26-18)32(30-29-19)14-5-7-31(8-6-14)23-27-10-15(34-2)11-28-23/h3-4,9-12,14,33H,1,5-8H2,2H3. The molecule has 0 saturated carbocycles. The monoisotopic (exact) mass is 465 g/mol. The zero-order valence-electron chi connectivity index (χ0n) is 18.3. The lowest BCUT2D eigenvalue weighted by Crippen LogP contribution is -2.36. The topological polar surface area (TPSA) is 102 Å². The molecule has 174 valence electrons. The van der Waals surface area contributed by atoms with Gasteiger partial charge < -0.3 is 14.7 Å². The van der Waals surface area contributed by atoms with E-state index in [0.29, 0.717) is 22.7 Å². The maximum Gasteiger partial charge on any atom is 0.225 e. The number of aromatic nitrogens is 6. The molecule has 34 heavy (non-hydrogen) atoms. The lowest BCUT2D eigenvalue weighted by atomic mass is 10.0. The molecule has 0 aliphatic carbocycles. The van der Waals surface area contributed by atoms with Crippen molar-refractivity contribution in [2.75, 3.05) is 25.1 Å². The summed E-state index contributed by atoms with van der Waals surface area (Å²) in [5, 5.41) is 17.9. The first kappa shape index (κ1) is 21.7. The lowest BCUT2D eigenvalue weighted by molar-refractivity contribution is 0.366. The third-order valence-electron chi connectivity index (χ3n) is 5.97. The third-order valence-corrected chi connectivity index (χ3v) is 5.97. The quantitative estimate of drug-likeness (QED) is 0.442. The van der Waals surface area contributed by atoms with Crippen molar-refractivity contribution in [2.24, 2.45) is 0 Å². The molecule has 0 bridgehead atoms. The van der Waals surface area contributed by atoms with Gasteiger partial charge in [-0.05, 0) is 31.0 Å². The van der Waals surface area contributed by atoms with Crippen LogP contribution in [0.5, 0.6) is 5.75 Å². The molecule has 1 N–H and O–H groups in total. The number of aliphatic hydroxyl groups excluding tert-OH is 1. The smallest absolute Gasteiger partial charge is 0.225 e. The molecule has 1 aliphatic rings. The van der Waals surface area contributed by atoms with Crippen molar-refractivity contribution in [2.45, 2.75) is 18.9 Å². The minimum absolute atomic E-state index is 0.0354. The summed E-state index contributed by atoms with van der Waals surface area (Å²) in [6.07, 6.45) is 6.47. The molecule has 0 amide bonds. The molecule has 0 radical (unpaired) electrons. The molecule has 11 heteroatoms. The number of rotatable bonds is 5. The van der Waals surface area contributed by atoms with Crippen molar-refractivity contribution in [3.05, 3.63) is 60.6 Å². The predicted molar refractivity (Wildman–Crippen MR) is 121 cm³/mol. The fourth-order valence-corrected chi connectivity index (χ4v) is 4.11. The first-order valence-electron chi connectivity index (χ1n) is 10.6. The molecule has 5 rings (SSSR count). The number of fused-ring (bicyclic) bond motifs is 1. The SMILES string of the molecule is C=C(O)c1ccc(-c2cc3nnn(C4CCN(c5ncc(OC)cn5)CC4)c3cn2)c(F)c1F. The van der Waals surface area contributed by atoms with E-state index in [2.05, 4.69) is 36.7 Å². The van der Waals surface area contributed by atoms with Gasteiger partial charge in [-0.25, -0.2) is 23.4 Å². The van der Waals surface area contributed by atoms with Crippen LogP contribution < -0.4 is 9.64 Å². The van der Waals surface area contributed by atoms with Crippen LogP contribution in [-0.2, 0) is 0 Å². The zero-order valence-corrected chi connectivity index (χ0v) is 18.3. The maximum absolute atomic E-state index is 14.6. The fraction of sp³-hybridized carbons (Fsp3) is 0.261. The van der Waals surface area contributed by atoms with Crippen LogP contribution in [0.2, 0.25) is 0 Å². The van der Waals surface area contributed by atoms with Gasteiger partial charge in [0, 0.05) is 18.7 Å². The molecule has 1 aromatic carbocycles. The van der Waals surface area contributed by atoms with Gasteiger partial charge in [-0.3, -0.25) is 4.98 Å². The van der Waals surface area contributed by atoms with Gasteiger partial charge in [-0.2, -0.15) is 0 Å². The molecule has 0 unspecified atom stereocenters. The third kappa shape index (κ3) is 3.78. The Hall–Kier alpha value is -4.15. The van der Waals surface area contributed by atoms with E-state index in [1.807, 2.05) is 4.68 Å². The van der Waals surface area contributed by atoms with Crippen molar-refractivity contribution in [3.8, 4) is 17.0 Å². The highest BCUT2D eigenvalue weighted by molar-refractivity contribution is 5.79. The van der Waals surface area contributed by atoms with Gasteiger partial charge in [0.2, 0.25) is 5.95 Å². The summed E-state index contributed by atoms with van der Waals surface area (Å²) >= 11 is 0. The Kier molecular flexibility index (Phi) is 5.52. The summed E-state index contributed by atoms with van der Waals surface area (Å²) in [4.78, 5) is 15.1. The van der Waals surface area contributed by atoms with E-state index in [1.54, 1.807) is 31.8 Å². The summed E-state index contributed by atoms with van der Waals surface area (Å²) in [6.45, 7) is 4.74.